The van der Waals surface area contributed by atoms with Crippen LogP contribution in [0.3, 0.4) is 0 Å². The average molecular weight is 800 g/mol. The molecule has 13 rings (SSSR count). The molecule has 0 aliphatic carbocycles. The molecule has 0 amide bonds. The van der Waals surface area contributed by atoms with Crippen LogP contribution in [-0.4, -0.2) is 24.1 Å². The van der Waals surface area contributed by atoms with Crippen molar-refractivity contribution in [3.8, 4) is 45.5 Å². The van der Waals surface area contributed by atoms with Crippen LogP contribution in [0.25, 0.3) is 121 Å². The normalized spacial score (nSPS) is 14.1. The highest BCUT2D eigenvalue weighted by atomic mass is 15.2. The average Bonchev–Trinajstić information content (AvgIpc) is 3.98. The molecule has 5 heteroatoms. The maximum Gasteiger partial charge on any atom is 0.238 e. The first-order valence-corrected chi connectivity index (χ1v) is 20.2. The summed E-state index contributed by atoms with van der Waals surface area (Å²) in [6, 6.07) is 44.5. The molecule has 0 saturated carbocycles. The Morgan fingerprint density at radius 1 is 0.323 bits per heavy atom. The Bertz CT molecular complexity index is 4410. The minimum absolute atomic E-state index is 0.00364. The van der Waals surface area contributed by atoms with Crippen LogP contribution in [0.2, 0.25) is 0 Å². The number of hydrogen-bond donors (Lipinski definition) is 0. The van der Waals surface area contributed by atoms with Gasteiger partial charge in [0, 0.05) is 38.4 Å². The van der Waals surface area contributed by atoms with Gasteiger partial charge in [0.05, 0.1) is 35.8 Å². The number of nitrogens with zero attached hydrogens (tertiary/aromatic N) is 5. The van der Waals surface area contributed by atoms with Gasteiger partial charge in [-0.1, -0.05) is 182 Å². The standard InChI is InChI=1S/C57H35N5/c1-3-15-37(16-4-1)55-58-56(38-17-5-2-6-18-38)60-57(59-55)62-52-26-14-12-24-47(52)49-34-33-48-46-23-11-13-25-51(46)61(53(48)54(49)62)40-30-27-36(28-31-40)39-29-32-45-43-21-8-7-19-41(43)42-20-9-10-22-44(42)50(45)35-39/h1-35H/i11D,12D,13D,14D,23D,24D,25D,26D,33D,34D. The van der Waals surface area contributed by atoms with Crippen molar-refractivity contribution in [2.75, 3.05) is 0 Å². The second kappa shape index (κ2) is 13.6. The lowest BCUT2D eigenvalue weighted by Gasteiger charge is -2.14. The van der Waals surface area contributed by atoms with E-state index in [4.69, 9.17) is 20.4 Å². The number of benzene rings is 10. The molecule has 13 aromatic rings. The second-order valence-corrected chi connectivity index (χ2v) is 15.2. The lowest BCUT2D eigenvalue weighted by Crippen LogP contribution is -2.07. The van der Waals surface area contributed by atoms with Gasteiger partial charge in [-0.2, -0.15) is 9.97 Å². The highest BCUT2D eigenvalue weighted by molar-refractivity contribution is 6.26. The van der Waals surface area contributed by atoms with Gasteiger partial charge in [-0.05, 0) is 73.7 Å². The van der Waals surface area contributed by atoms with Gasteiger partial charge in [-0.15, -0.1) is 0 Å². The zero-order chi connectivity index (χ0) is 49.4. The van der Waals surface area contributed by atoms with Gasteiger partial charge in [-0.25, -0.2) is 4.98 Å². The third kappa shape index (κ3) is 5.18. The predicted octanol–water partition coefficient (Wildman–Crippen LogP) is 14.5. The van der Waals surface area contributed by atoms with Gasteiger partial charge in [0.1, 0.15) is 0 Å². The van der Waals surface area contributed by atoms with E-state index in [0.717, 1.165) is 38.1 Å². The molecular formula is C57H35N5. The molecule has 0 fully saturated rings. The number of aromatic nitrogens is 5. The molecule has 0 aliphatic rings. The fraction of sp³-hybridized carbons (Fsp3) is 0. The summed E-state index contributed by atoms with van der Waals surface area (Å²) in [5, 5.41) is 6.75. The smallest absolute Gasteiger partial charge is 0.238 e. The zero-order valence-corrected chi connectivity index (χ0v) is 32.7. The Morgan fingerprint density at radius 2 is 0.774 bits per heavy atom. The summed E-state index contributed by atoms with van der Waals surface area (Å²) in [7, 11) is 0. The van der Waals surface area contributed by atoms with Crippen LogP contribution in [0.15, 0.2) is 212 Å². The summed E-state index contributed by atoms with van der Waals surface area (Å²) < 4.78 is 96.0. The van der Waals surface area contributed by atoms with Crippen molar-refractivity contribution in [3.05, 3.63) is 212 Å². The highest BCUT2D eigenvalue weighted by Gasteiger charge is 2.23. The van der Waals surface area contributed by atoms with Crippen molar-refractivity contribution in [1.29, 1.82) is 0 Å². The third-order valence-electron chi connectivity index (χ3n) is 11.8. The van der Waals surface area contributed by atoms with Crippen molar-refractivity contribution in [3.63, 3.8) is 0 Å². The van der Waals surface area contributed by atoms with Crippen LogP contribution in [0, 0.1) is 0 Å². The number of hydrogen-bond acceptors (Lipinski definition) is 3. The fourth-order valence-corrected chi connectivity index (χ4v) is 9.06. The number of para-hydroxylation sites is 2. The van der Waals surface area contributed by atoms with Crippen LogP contribution in [0.5, 0.6) is 0 Å². The van der Waals surface area contributed by atoms with E-state index >= 15 is 0 Å². The lowest BCUT2D eigenvalue weighted by atomic mass is 9.92. The van der Waals surface area contributed by atoms with E-state index in [9.17, 15) is 8.22 Å². The largest absolute Gasteiger partial charge is 0.307 e. The lowest BCUT2D eigenvalue weighted by molar-refractivity contribution is 0.953. The highest BCUT2D eigenvalue weighted by Crippen LogP contribution is 2.42. The molecule has 0 spiro atoms. The van der Waals surface area contributed by atoms with Crippen LogP contribution in [-0.2, 0) is 0 Å². The molecule has 0 bridgehead atoms. The Morgan fingerprint density at radius 3 is 1.34 bits per heavy atom. The summed E-state index contributed by atoms with van der Waals surface area (Å²) in [5.41, 5.74) is 3.74. The van der Waals surface area contributed by atoms with E-state index in [2.05, 4.69) is 48.5 Å². The second-order valence-electron chi connectivity index (χ2n) is 15.2. The molecule has 5 nitrogen and oxygen atoms in total. The number of fused-ring (bicyclic) bond motifs is 13. The summed E-state index contributed by atoms with van der Waals surface area (Å²) in [4.78, 5) is 14.9. The molecule has 0 radical (unpaired) electrons. The van der Waals surface area contributed by atoms with Crippen LogP contribution in [0.4, 0.5) is 0 Å². The molecule has 10 aromatic carbocycles. The molecule has 0 aliphatic heterocycles. The zero-order valence-electron chi connectivity index (χ0n) is 42.7. The molecule has 288 valence electrons. The molecule has 0 saturated heterocycles. The molecule has 3 aromatic heterocycles. The van der Waals surface area contributed by atoms with Crippen molar-refractivity contribution < 1.29 is 13.7 Å². The topological polar surface area (TPSA) is 48.5 Å². The molecule has 62 heavy (non-hydrogen) atoms. The minimum atomic E-state index is -0.547. The first kappa shape index (κ1) is 25.9. The van der Waals surface area contributed by atoms with Gasteiger partial charge in [0.2, 0.25) is 5.95 Å². The van der Waals surface area contributed by atoms with Crippen molar-refractivity contribution in [2.45, 2.75) is 0 Å². The number of rotatable bonds is 5. The quantitative estimate of drug-likeness (QED) is 0.163. The Labute approximate surface area is 370 Å². The fourth-order valence-electron chi connectivity index (χ4n) is 9.06. The van der Waals surface area contributed by atoms with E-state index in [-0.39, 0.29) is 67.3 Å². The maximum atomic E-state index is 9.75. The SMILES string of the molecule is [2H]c1c([2H])c([2H])c2c(c1[2H])c1c([2H])c([2H])c3c4c([2H])c([2H])c([2H])c([2H])c4n(-c4nc(-c5ccccc5)nc(-c5ccccc5)n4)c3c1n2-c1ccc(-c2ccc3c4ccccc4c4ccccc4c3c2)cc1. The Kier molecular flexibility index (Phi) is 5.67. The van der Waals surface area contributed by atoms with Gasteiger partial charge in [-0.3, -0.25) is 4.57 Å². The van der Waals surface area contributed by atoms with Crippen molar-refractivity contribution in [2.24, 2.45) is 0 Å². The summed E-state index contributed by atoms with van der Waals surface area (Å²) in [6.45, 7) is 0. The van der Waals surface area contributed by atoms with E-state index in [1.165, 1.54) is 9.95 Å². The Hall–Kier alpha value is -8.41. The first-order chi connectivity index (χ1) is 34.9. The summed E-state index contributed by atoms with van der Waals surface area (Å²) in [5.74, 6) is 0.440. The van der Waals surface area contributed by atoms with Gasteiger partial charge in [0.25, 0.3) is 0 Å². The summed E-state index contributed by atoms with van der Waals surface area (Å²) >= 11 is 0. The van der Waals surface area contributed by atoms with Gasteiger partial charge in [0.15, 0.2) is 11.6 Å². The molecule has 3 heterocycles. The van der Waals surface area contributed by atoms with Crippen LogP contribution in [0.1, 0.15) is 13.7 Å². The van der Waals surface area contributed by atoms with Crippen molar-refractivity contribution >= 4 is 75.9 Å². The van der Waals surface area contributed by atoms with E-state index < -0.39 is 54.4 Å². The van der Waals surface area contributed by atoms with Crippen LogP contribution < -0.4 is 0 Å². The minimum Gasteiger partial charge on any atom is -0.307 e. The third-order valence-corrected chi connectivity index (χ3v) is 11.8. The maximum absolute atomic E-state index is 9.75. The van der Waals surface area contributed by atoms with Crippen LogP contribution >= 0.6 is 0 Å². The van der Waals surface area contributed by atoms with Gasteiger partial charge >= 0.3 is 0 Å². The Balaban J connectivity index is 1.17. The molecule has 0 N–H and O–H groups in total. The molecule has 0 unspecified atom stereocenters. The van der Waals surface area contributed by atoms with E-state index in [0.29, 0.717) is 16.8 Å². The van der Waals surface area contributed by atoms with E-state index in [1.807, 2.05) is 103 Å². The monoisotopic (exact) mass is 799 g/mol. The van der Waals surface area contributed by atoms with Gasteiger partial charge < -0.3 is 4.57 Å². The summed E-state index contributed by atoms with van der Waals surface area (Å²) in [6.07, 6.45) is 0. The predicted molar refractivity (Wildman–Crippen MR) is 257 cm³/mol. The molecular weight excluding hydrogens is 755 g/mol. The van der Waals surface area contributed by atoms with Crippen molar-refractivity contribution in [1.82, 2.24) is 24.1 Å². The van der Waals surface area contributed by atoms with E-state index in [1.54, 1.807) is 4.57 Å². The molecule has 0 atom stereocenters. The first-order valence-electron chi connectivity index (χ1n) is 25.2.